The molecule has 1 heterocycles. The zero-order chi connectivity index (χ0) is 14.2. The topological polar surface area (TPSA) is 48.3 Å². The highest BCUT2D eigenvalue weighted by molar-refractivity contribution is 9.10. The molecular formula is C14H14BrNO3. The summed E-state index contributed by atoms with van der Waals surface area (Å²) in [6.07, 6.45) is 2.62. The van der Waals surface area contributed by atoms with Gasteiger partial charge >= 0.3 is 5.97 Å². The van der Waals surface area contributed by atoms with E-state index in [1.165, 1.54) is 7.11 Å². The fraction of sp³-hybridized carbons (Fsp3) is 0.286. The second kappa shape index (κ2) is 5.17. The van der Waals surface area contributed by atoms with Gasteiger partial charge < -0.3 is 9.30 Å². The summed E-state index contributed by atoms with van der Waals surface area (Å²) in [5.41, 5.74) is 1.90. The first-order chi connectivity index (χ1) is 8.99. The largest absolute Gasteiger partial charge is 0.465 e. The van der Waals surface area contributed by atoms with E-state index >= 15 is 0 Å². The molecule has 1 aromatic carbocycles. The van der Waals surface area contributed by atoms with Gasteiger partial charge in [0.05, 0.1) is 18.2 Å². The van der Waals surface area contributed by atoms with E-state index in [9.17, 15) is 9.59 Å². The van der Waals surface area contributed by atoms with Crippen LogP contribution in [0.3, 0.4) is 0 Å². The van der Waals surface area contributed by atoms with E-state index < -0.39 is 5.97 Å². The minimum absolute atomic E-state index is 0.191. The fourth-order valence-electron chi connectivity index (χ4n) is 2.12. The molecule has 0 atom stereocenters. The smallest absolute Gasteiger partial charge is 0.337 e. The highest BCUT2D eigenvalue weighted by atomic mass is 79.9. The van der Waals surface area contributed by atoms with Crippen molar-refractivity contribution in [2.24, 2.45) is 0 Å². The summed E-state index contributed by atoms with van der Waals surface area (Å²) in [4.78, 5) is 22.8. The Bertz CT molecular complexity index is 658. The fourth-order valence-corrected chi connectivity index (χ4v) is 2.80. The number of fused-ring (bicyclic) bond motifs is 1. The first kappa shape index (κ1) is 13.8. The Morgan fingerprint density at radius 3 is 2.63 bits per heavy atom. The van der Waals surface area contributed by atoms with Gasteiger partial charge in [-0.1, -0.05) is 15.9 Å². The first-order valence-corrected chi connectivity index (χ1v) is 6.66. The van der Waals surface area contributed by atoms with E-state index in [4.69, 9.17) is 4.74 Å². The molecule has 0 saturated carbocycles. The summed E-state index contributed by atoms with van der Waals surface area (Å²) in [7, 11) is 1.35. The number of ether oxygens (including phenoxy) is 1. The Hall–Kier alpha value is -1.62. The second-order valence-electron chi connectivity index (χ2n) is 4.55. The molecule has 100 valence electrons. The van der Waals surface area contributed by atoms with Gasteiger partial charge in [0, 0.05) is 27.7 Å². The predicted molar refractivity (Wildman–Crippen MR) is 76.8 cm³/mol. The first-order valence-electron chi connectivity index (χ1n) is 5.87. The van der Waals surface area contributed by atoms with Crippen LogP contribution < -0.4 is 0 Å². The van der Waals surface area contributed by atoms with Gasteiger partial charge in [-0.25, -0.2) is 4.79 Å². The van der Waals surface area contributed by atoms with Crippen LogP contribution in [-0.4, -0.2) is 23.9 Å². The molecule has 0 N–H and O–H groups in total. The monoisotopic (exact) mass is 323 g/mol. The van der Waals surface area contributed by atoms with Gasteiger partial charge in [-0.3, -0.25) is 4.79 Å². The molecule has 0 aliphatic carbocycles. The van der Waals surface area contributed by atoms with E-state index in [0.717, 1.165) is 17.2 Å². The Labute approximate surface area is 119 Å². The lowest BCUT2D eigenvalue weighted by molar-refractivity contribution is 0.0600. The van der Waals surface area contributed by atoms with Gasteiger partial charge in [0.15, 0.2) is 6.29 Å². The maximum Gasteiger partial charge on any atom is 0.337 e. The Balaban J connectivity index is 2.81. The quantitative estimate of drug-likeness (QED) is 0.640. The maximum absolute atomic E-state index is 11.6. The third-order valence-corrected chi connectivity index (χ3v) is 3.64. The van der Waals surface area contributed by atoms with Crippen molar-refractivity contribution < 1.29 is 14.3 Å². The van der Waals surface area contributed by atoms with E-state index in [1.54, 1.807) is 18.3 Å². The number of benzene rings is 1. The highest BCUT2D eigenvalue weighted by Gasteiger charge is 2.16. The number of aldehydes is 1. The summed E-state index contributed by atoms with van der Waals surface area (Å²) >= 11 is 3.42. The molecule has 19 heavy (non-hydrogen) atoms. The Morgan fingerprint density at radius 2 is 2.11 bits per heavy atom. The molecule has 5 heteroatoms. The molecule has 1 aromatic heterocycles. The van der Waals surface area contributed by atoms with Crippen molar-refractivity contribution in [1.29, 1.82) is 0 Å². The van der Waals surface area contributed by atoms with Crippen molar-refractivity contribution >= 4 is 39.1 Å². The van der Waals surface area contributed by atoms with Crippen LogP contribution in [0.15, 0.2) is 22.8 Å². The van der Waals surface area contributed by atoms with E-state index in [2.05, 4.69) is 15.9 Å². The van der Waals surface area contributed by atoms with Gasteiger partial charge in [0.1, 0.15) is 0 Å². The molecule has 0 spiro atoms. The zero-order valence-electron chi connectivity index (χ0n) is 10.9. The number of esters is 1. The number of carbonyl (C=O) groups excluding carboxylic acids is 2. The number of carbonyl (C=O) groups is 2. The molecule has 0 aliphatic heterocycles. The molecule has 2 aromatic rings. The normalized spacial score (nSPS) is 11.0. The molecule has 2 rings (SSSR count). The standard InChI is InChI=1S/C14H14BrNO3/c1-8(2)16-6-10(7-17)13-11(15)4-9(5-12(13)16)14(18)19-3/h4-8H,1-3H3. The third kappa shape index (κ3) is 2.30. The molecular weight excluding hydrogens is 310 g/mol. The molecule has 0 fully saturated rings. The van der Waals surface area contributed by atoms with Gasteiger partial charge in [-0.2, -0.15) is 0 Å². The van der Waals surface area contributed by atoms with Crippen molar-refractivity contribution in [3.8, 4) is 0 Å². The summed E-state index contributed by atoms with van der Waals surface area (Å²) in [6, 6.07) is 3.61. The van der Waals surface area contributed by atoms with Crippen molar-refractivity contribution in [2.75, 3.05) is 7.11 Å². The number of nitrogens with zero attached hydrogens (tertiary/aromatic N) is 1. The molecule has 0 bridgehead atoms. The Morgan fingerprint density at radius 1 is 1.42 bits per heavy atom. The van der Waals surface area contributed by atoms with Crippen LogP contribution in [0.5, 0.6) is 0 Å². The number of halogens is 1. The molecule has 0 unspecified atom stereocenters. The lowest BCUT2D eigenvalue weighted by Crippen LogP contribution is -2.03. The van der Waals surface area contributed by atoms with Crippen molar-refractivity contribution in [3.05, 3.63) is 33.9 Å². The molecule has 0 saturated heterocycles. The number of methoxy groups -OCH3 is 1. The zero-order valence-corrected chi connectivity index (χ0v) is 12.5. The van der Waals surface area contributed by atoms with Crippen molar-refractivity contribution in [1.82, 2.24) is 4.57 Å². The van der Waals surface area contributed by atoms with Gasteiger partial charge in [0.25, 0.3) is 0 Å². The SMILES string of the molecule is COC(=O)c1cc(Br)c2c(C=O)cn(C(C)C)c2c1. The third-order valence-electron chi connectivity index (χ3n) is 3.02. The molecule has 4 nitrogen and oxygen atoms in total. The predicted octanol–water partition coefficient (Wildman–Crippen LogP) is 3.58. The van der Waals surface area contributed by atoms with Crippen LogP contribution >= 0.6 is 15.9 Å². The van der Waals surface area contributed by atoms with Gasteiger partial charge in [0.2, 0.25) is 0 Å². The average Bonchev–Trinajstić information content (AvgIpc) is 2.77. The summed E-state index contributed by atoms with van der Waals surface area (Å²) in [5, 5.41) is 0.816. The van der Waals surface area contributed by atoms with E-state index in [-0.39, 0.29) is 6.04 Å². The highest BCUT2D eigenvalue weighted by Crippen LogP contribution is 2.32. The van der Waals surface area contributed by atoms with Crippen LogP contribution in [0.25, 0.3) is 10.9 Å². The average molecular weight is 324 g/mol. The lowest BCUT2D eigenvalue weighted by atomic mass is 10.1. The molecule has 0 aliphatic rings. The van der Waals surface area contributed by atoms with Crippen LogP contribution in [-0.2, 0) is 4.74 Å². The number of aromatic nitrogens is 1. The van der Waals surface area contributed by atoms with Crippen LogP contribution in [0, 0.1) is 0 Å². The van der Waals surface area contributed by atoms with Crippen molar-refractivity contribution in [2.45, 2.75) is 19.9 Å². The van der Waals surface area contributed by atoms with Crippen molar-refractivity contribution in [3.63, 3.8) is 0 Å². The molecule has 0 radical (unpaired) electrons. The van der Waals surface area contributed by atoms with Gasteiger partial charge in [-0.05, 0) is 26.0 Å². The minimum Gasteiger partial charge on any atom is -0.465 e. The summed E-state index contributed by atoms with van der Waals surface area (Å²) in [6.45, 7) is 4.04. The number of hydrogen-bond acceptors (Lipinski definition) is 3. The summed E-state index contributed by atoms with van der Waals surface area (Å²) in [5.74, 6) is -0.397. The van der Waals surface area contributed by atoms with Crippen LogP contribution in [0.2, 0.25) is 0 Å². The van der Waals surface area contributed by atoms with E-state index in [1.807, 2.05) is 18.4 Å². The van der Waals surface area contributed by atoms with Gasteiger partial charge in [-0.15, -0.1) is 0 Å². The Kier molecular flexibility index (Phi) is 3.75. The number of hydrogen-bond donors (Lipinski definition) is 0. The lowest BCUT2D eigenvalue weighted by Gasteiger charge is -2.10. The maximum atomic E-state index is 11.6. The summed E-state index contributed by atoms with van der Waals surface area (Å²) < 4.78 is 7.42. The van der Waals surface area contributed by atoms with E-state index in [0.29, 0.717) is 15.6 Å². The van der Waals surface area contributed by atoms with Crippen LogP contribution in [0.1, 0.15) is 40.6 Å². The molecule has 0 amide bonds. The second-order valence-corrected chi connectivity index (χ2v) is 5.40. The number of rotatable bonds is 3. The minimum atomic E-state index is -0.397. The van der Waals surface area contributed by atoms with Crippen LogP contribution in [0.4, 0.5) is 0 Å².